The molecule has 158 valence electrons. The van der Waals surface area contributed by atoms with Crippen LogP contribution in [0.25, 0.3) is 0 Å². The van der Waals surface area contributed by atoms with Gasteiger partial charge >= 0.3 is 0 Å². The normalized spacial score (nSPS) is 23.6. The molecule has 8 heteroatoms. The van der Waals surface area contributed by atoms with Gasteiger partial charge in [0.15, 0.2) is 0 Å². The molecular weight excluding hydrogens is 399 g/mol. The molecule has 1 saturated heterocycles. The van der Waals surface area contributed by atoms with E-state index in [1.165, 1.54) is 18.2 Å². The third-order valence-electron chi connectivity index (χ3n) is 4.98. The van der Waals surface area contributed by atoms with E-state index in [-0.39, 0.29) is 31.1 Å². The van der Waals surface area contributed by atoms with Gasteiger partial charge in [-0.15, -0.1) is 12.4 Å². The van der Waals surface area contributed by atoms with Crippen molar-refractivity contribution in [3.8, 4) is 0 Å². The Morgan fingerprint density at radius 3 is 2.55 bits per heavy atom. The number of aliphatic hydroxyl groups is 2. The number of rotatable bonds is 7. The lowest BCUT2D eigenvalue weighted by atomic mass is 10.0. The quantitative estimate of drug-likeness (QED) is 0.629. The number of nitrogens with one attached hydrogen (secondary N) is 1. The zero-order valence-electron chi connectivity index (χ0n) is 16.1. The number of amides is 1. The maximum atomic E-state index is 13.3. The molecule has 1 aliphatic heterocycles. The Labute approximate surface area is 175 Å². The van der Waals surface area contributed by atoms with Gasteiger partial charge in [-0.2, -0.15) is 0 Å². The lowest BCUT2D eigenvalue weighted by Gasteiger charge is -2.30. The zero-order chi connectivity index (χ0) is 20.1. The Balaban J connectivity index is 0.00000300. The van der Waals surface area contributed by atoms with Gasteiger partial charge < -0.3 is 20.3 Å². The van der Waals surface area contributed by atoms with E-state index in [0.717, 1.165) is 11.6 Å². The lowest BCUT2D eigenvalue weighted by molar-refractivity contribution is -0.0209. The molecule has 29 heavy (non-hydrogen) atoms. The van der Waals surface area contributed by atoms with Crippen LogP contribution in [-0.2, 0) is 11.3 Å². The number of hydrogen-bond donors (Lipinski definition) is 3. The van der Waals surface area contributed by atoms with Crippen LogP contribution >= 0.6 is 12.4 Å². The summed E-state index contributed by atoms with van der Waals surface area (Å²) in [5.74, 6) is -0.907. The molecular formula is C21H26ClFN2O4. The SMILES string of the molecule is CN(Cc1ccccc1)[C@@H]1[C@H](O)[C@H](CO)O[C@@H]1CNC(=O)c1cccc(F)c1.Cl. The van der Waals surface area contributed by atoms with Crippen LogP contribution in [0, 0.1) is 5.82 Å². The Kier molecular flexibility index (Phi) is 8.55. The van der Waals surface area contributed by atoms with Crippen molar-refractivity contribution in [2.24, 2.45) is 0 Å². The van der Waals surface area contributed by atoms with Crippen LogP contribution in [0.4, 0.5) is 4.39 Å². The van der Waals surface area contributed by atoms with E-state index < -0.39 is 36.1 Å². The van der Waals surface area contributed by atoms with E-state index >= 15 is 0 Å². The molecule has 6 nitrogen and oxygen atoms in total. The molecule has 1 amide bonds. The number of ether oxygens (including phenoxy) is 1. The average molecular weight is 425 g/mol. The van der Waals surface area contributed by atoms with Gasteiger partial charge in [0, 0.05) is 18.7 Å². The third-order valence-corrected chi connectivity index (χ3v) is 4.98. The summed E-state index contributed by atoms with van der Waals surface area (Å²) in [6.07, 6.45) is -2.13. The highest BCUT2D eigenvalue weighted by Crippen LogP contribution is 2.26. The Morgan fingerprint density at radius 1 is 1.17 bits per heavy atom. The molecule has 0 bridgehead atoms. The van der Waals surface area contributed by atoms with Crippen molar-refractivity contribution in [1.29, 1.82) is 0 Å². The molecule has 0 unspecified atom stereocenters. The molecule has 0 saturated carbocycles. The number of benzene rings is 2. The minimum Gasteiger partial charge on any atom is -0.394 e. The summed E-state index contributed by atoms with van der Waals surface area (Å²) in [6, 6.07) is 14.8. The minimum atomic E-state index is -0.894. The maximum Gasteiger partial charge on any atom is 0.251 e. The summed E-state index contributed by atoms with van der Waals surface area (Å²) < 4.78 is 19.1. The molecule has 2 aromatic carbocycles. The predicted octanol–water partition coefficient (Wildman–Crippen LogP) is 1.60. The topological polar surface area (TPSA) is 82.0 Å². The fraction of sp³-hybridized carbons (Fsp3) is 0.381. The van der Waals surface area contributed by atoms with Gasteiger partial charge in [0.1, 0.15) is 18.0 Å². The largest absolute Gasteiger partial charge is 0.394 e. The van der Waals surface area contributed by atoms with Crippen molar-refractivity contribution in [2.75, 3.05) is 20.2 Å². The highest BCUT2D eigenvalue weighted by atomic mass is 35.5. The van der Waals surface area contributed by atoms with Crippen LogP contribution < -0.4 is 5.32 Å². The molecule has 4 atom stereocenters. The second-order valence-corrected chi connectivity index (χ2v) is 7.00. The second-order valence-electron chi connectivity index (χ2n) is 7.00. The van der Waals surface area contributed by atoms with Crippen LogP contribution in [0.2, 0.25) is 0 Å². The summed E-state index contributed by atoms with van der Waals surface area (Å²) in [4.78, 5) is 14.2. The number of nitrogens with zero attached hydrogens (tertiary/aromatic N) is 1. The van der Waals surface area contributed by atoms with Crippen LogP contribution in [0.1, 0.15) is 15.9 Å². The summed E-state index contributed by atoms with van der Waals surface area (Å²) in [5, 5.41) is 22.8. The smallest absolute Gasteiger partial charge is 0.251 e. The molecule has 1 heterocycles. The van der Waals surface area contributed by atoms with Crippen molar-refractivity contribution in [3.63, 3.8) is 0 Å². The van der Waals surface area contributed by atoms with Crippen molar-refractivity contribution in [3.05, 3.63) is 71.5 Å². The molecule has 3 rings (SSSR count). The van der Waals surface area contributed by atoms with Crippen LogP contribution in [-0.4, -0.2) is 65.6 Å². The summed E-state index contributed by atoms with van der Waals surface area (Å²) >= 11 is 0. The van der Waals surface area contributed by atoms with Gasteiger partial charge in [0.2, 0.25) is 0 Å². The van der Waals surface area contributed by atoms with Gasteiger partial charge in [-0.3, -0.25) is 9.69 Å². The summed E-state index contributed by atoms with van der Waals surface area (Å²) in [5.41, 5.74) is 1.29. The Morgan fingerprint density at radius 2 is 1.90 bits per heavy atom. The minimum absolute atomic E-state index is 0. The van der Waals surface area contributed by atoms with Crippen LogP contribution in [0.5, 0.6) is 0 Å². The van der Waals surface area contributed by atoms with Crippen LogP contribution in [0.15, 0.2) is 54.6 Å². The van der Waals surface area contributed by atoms with Gasteiger partial charge in [-0.1, -0.05) is 36.4 Å². The van der Waals surface area contributed by atoms with Crippen molar-refractivity contribution in [2.45, 2.75) is 30.9 Å². The number of halogens is 2. The third kappa shape index (κ3) is 5.74. The summed E-state index contributed by atoms with van der Waals surface area (Å²) in [6.45, 7) is 0.399. The van der Waals surface area contributed by atoms with E-state index in [1.807, 2.05) is 42.3 Å². The average Bonchev–Trinajstić information content (AvgIpc) is 3.02. The standard InChI is InChI=1S/C21H25FN2O4.ClH/c1-24(12-14-6-3-2-4-7-14)19-17(28-18(13-25)20(19)26)11-23-21(27)15-8-5-9-16(22)10-15;/h2-10,17-20,25-26H,11-13H2,1H3,(H,23,27);1H/t17-,18+,19+,20-;/m1./s1. The molecule has 1 fully saturated rings. The first-order chi connectivity index (χ1) is 13.5. The van der Waals surface area contributed by atoms with Gasteiger partial charge in [0.25, 0.3) is 5.91 Å². The van der Waals surface area contributed by atoms with Crippen molar-refractivity contribution >= 4 is 18.3 Å². The molecule has 0 spiro atoms. The van der Waals surface area contributed by atoms with Gasteiger partial charge in [-0.25, -0.2) is 4.39 Å². The Hall–Kier alpha value is -2.03. The first-order valence-corrected chi connectivity index (χ1v) is 9.22. The molecule has 2 aromatic rings. The molecule has 0 radical (unpaired) electrons. The molecule has 3 N–H and O–H groups in total. The van der Waals surface area contributed by atoms with Gasteiger partial charge in [0.05, 0.1) is 18.8 Å². The predicted molar refractivity (Wildman–Crippen MR) is 109 cm³/mol. The second kappa shape index (κ2) is 10.7. The first kappa shape index (κ1) is 23.3. The van der Waals surface area contributed by atoms with E-state index in [4.69, 9.17) is 4.74 Å². The highest BCUT2D eigenvalue weighted by molar-refractivity contribution is 5.94. The maximum absolute atomic E-state index is 13.3. The molecule has 0 aromatic heterocycles. The zero-order valence-corrected chi connectivity index (χ0v) is 16.9. The van der Waals surface area contributed by atoms with Gasteiger partial charge in [-0.05, 0) is 30.8 Å². The van der Waals surface area contributed by atoms with E-state index in [0.29, 0.717) is 6.54 Å². The number of hydrogen-bond acceptors (Lipinski definition) is 5. The van der Waals surface area contributed by atoms with E-state index in [2.05, 4.69) is 5.32 Å². The van der Waals surface area contributed by atoms with Crippen LogP contribution in [0.3, 0.4) is 0 Å². The fourth-order valence-electron chi connectivity index (χ4n) is 3.59. The number of carbonyl (C=O) groups is 1. The Bertz CT molecular complexity index is 795. The fourth-order valence-corrected chi connectivity index (χ4v) is 3.59. The highest BCUT2D eigenvalue weighted by Gasteiger charge is 2.45. The summed E-state index contributed by atoms with van der Waals surface area (Å²) in [7, 11) is 1.87. The number of carbonyl (C=O) groups excluding carboxylic acids is 1. The first-order valence-electron chi connectivity index (χ1n) is 9.22. The van der Waals surface area contributed by atoms with Crippen molar-refractivity contribution in [1.82, 2.24) is 10.2 Å². The monoisotopic (exact) mass is 424 g/mol. The molecule has 1 aliphatic rings. The molecule has 0 aliphatic carbocycles. The van der Waals surface area contributed by atoms with E-state index in [1.54, 1.807) is 0 Å². The lowest BCUT2D eigenvalue weighted by Crippen LogP contribution is -2.49. The number of likely N-dealkylation sites (N-methyl/N-ethyl adjacent to an activating group) is 1. The van der Waals surface area contributed by atoms with Crippen molar-refractivity contribution < 1.29 is 24.1 Å². The van der Waals surface area contributed by atoms with E-state index in [9.17, 15) is 19.4 Å². The number of aliphatic hydroxyl groups excluding tert-OH is 2.